The number of thiocarbonyl (C=S) groups is 1. The van der Waals surface area contributed by atoms with Gasteiger partial charge in [0.25, 0.3) is 0 Å². The molecule has 16 heavy (non-hydrogen) atoms. The Balaban J connectivity index is 2.89. The minimum absolute atomic E-state index is 0.753. The number of hydrogen-bond acceptors (Lipinski definition) is 2. The van der Waals surface area contributed by atoms with Crippen molar-refractivity contribution in [1.29, 1.82) is 0 Å². The van der Waals surface area contributed by atoms with Crippen LogP contribution < -0.4 is 5.32 Å². The predicted octanol–water partition coefficient (Wildman–Crippen LogP) is 1.46. The molecule has 1 aromatic heterocycles. The quantitative estimate of drug-likeness (QED) is 0.811. The summed E-state index contributed by atoms with van der Waals surface area (Å²) >= 11 is 5.19. The van der Waals surface area contributed by atoms with Gasteiger partial charge in [0.2, 0.25) is 0 Å². The van der Waals surface area contributed by atoms with E-state index in [0.717, 1.165) is 23.9 Å². The number of nitrogens with zero attached hydrogens (tertiary/aromatic N) is 3. The summed E-state index contributed by atoms with van der Waals surface area (Å²) in [6, 6.07) is 0. The molecule has 0 saturated carbocycles. The van der Waals surface area contributed by atoms with Crippen LogP contribution in [-0.2, 0) is 13.1 Å². The van der Waals surface area contributed by atoms with E-state index in [4.69, 9.17) is 12.2 Å². The first-order valence-corrected chi connectivity index (χ1v) is 5.87. The van der Waals surface area contributed by atoms with Crippen molar-refractivity contribution in [2.45, 2.75) is 33.9 Å². The summed E-state index contributed by atoms with van der Waals surface area (Å²) in [5.41, 5.74) is 3.58. The fourth-order valence-electron chi connectivity index (χ4n) is 1.77. The topological polar surface area (TPSA) is 33.1 Å². The van der Waals surface area contributed by atoms with Crippen molar-refractivity contribution in [3.8, 4) is 0 Å². The molecule has 0 spiro atoms. The van der Waals surface area contributed by atoms with Crippen LogP contribution in [0.15, 0.2) is 0 Å². The van der Waals surface area contributed by atoms with Crippen molar-refractivity contribution in [3.05, 3.63) is 17.0 Å². The molecule has 0 bridgehead atoms. The van der Waals surface area contributed by atoms with E-state index < -0.39 is 0 Å². The molecule has 5 heteroatoms. The highest BCUT2D eigenvalue weighted by Gasteiger charge is 2.13. The number of rotatable bonds is 3. The summed E-state index contributed by atoms with van der Waals surface area (Å²) in [4.78, 5) is 2.02. The third kappa shape index (κ3) is 2.52. The molecule has 1 N–H and O–H groups in total. The maximum absolute atomic E-state index is 5.19. The van der Waals surface area contributed by atoms with Gasteiger partial charge in [0, 0.05) is 38.4 Å². The summed E-state index contributed by atoms with van der Waals surface area (Å²) in [6.07, 6.45) is 0. The van der Waals surface area contributed by atoms with Gasteiger partial charge in [-0.05, 0) is 33.0 Å². The number of hydrogen-bond donors (Lipinski definition) is 1. The van der Waals surface area contributed by atoms with Crippen LogP contribution in [0.5, 0.6) is 0 Å². The summed E-state index contributed by atoms with van der Waals surface area (Å²) in [5, 5.41) is 8.22. The highest BCUT2D eigenvalue weighted by Crippen LogP contribution is 2.14. The standard InChI is InChI=1S/C11H20N4S/c1-6-15-9(3)10(8(2)13-15)7-14(5)11(16)12-4/h6-7H2,1-5H3,(H,12,16). The first kappa shape index (κ1) is 13.0. The molecular weight excluding hydrogens is 220 g/mol. The molecule has 1 aromatic rings. The highest BCUT2D eigenvalue weighted by atomic mass is 32.1. The first-order chi connectivity index (χ1) is 7.51. The summed E-state index contributed by atoms with van der Waals surface area (Å²) in [5.74, 6) is 0. The van der Waals surface area contributed by atoms with E-state index >= 15 is 0 Å². The fourth-order valence-corrected chi connectivity index (χ4v) is 1.84. The second-order valence-electron chi connectivity index (χ2n) is 3.88. The molecule has 0 fully saturated rings. The van der Waals surface area contributed by atoms with E-state index in [1.165, 1.54) is 11.3 Å². The van der Waals surface area contributed by atoms with Crippen molar-refractivity contribution in [1.82, 2.24) is 20.0 Å². The maximum atomic E-state index is 5.19. The van der Waals surface area contributed by atoms with Gasteiger partial charge in [-0.25, -0.2) is 0 Å². The number of aromatic nitrogens is 2. The van der Waals surface area contributed by atoms with Crippen molar-refractivity contribution < 1.29 is 0 Å². The van der Waals surface area contributed by atoms with Crippen molar-refractivity contribution >= 4 is 17.3 Å². The average Bonchev–Trinajstić information content (AvgIpc) is 2.55. The third-order valence-electron chi connectivity index (χ3n) is 2.79. The van der Waals surface area contributed by atoms with E-state index in [2.05, 4.69) is 24.3 Å². The zero-order valence-corrected chi connectivity index (χ0v) is 11.5. The van der Waals surface area contributed by atoms with Crippen LogP contribution in [0.1, 0.15) is 23.9 Å². The fraction of sp³-hybridized carbons (Fsp3) is 0.636. The number of nitrogens with one attached hydrogen (secondary N) is 1. The van der Waals surface area contributed by atoms with Gasteiger partial charge in [0.05, 0.1) is 5.69 Å². The van der Waals surface area contributed by atoms with Crippen molar-refractivity contribution in [2.24, 2.45) is 0 Å². The Hall–Kier alpha value is -1.10. The highest BCUT2D eigenvalue weighted by molar-refractivity contribution is 7.80. The molecule has 0 atom stereocenters. The molecule has 0 amide bonds. The Labute approximate surface area is 103 Å². The van der Waals surface area contributed by atoms with Gasteiger partial charge in [0.15, 0.2) is 5.11 Å². The molecule has 0 aromatic carbocycles. The van der Waals surface area contributed by atoms with Gasteiger partial charge in [0.1, 0.15) is 0 Å². The molecular formula is C11H20N4S. The Morgan fingerprint density at radius 2 is 2.12 bits per heavy atom. The van der Waals surface area contributed by atoms with Crippen LogP contribution in [0.3, 0.4) is 0 Å². The number of aryl methyl sites for hydroxylation is 2. The second-order valence-corrected chi connectivity index (χ2v) is 4.26. The maximum Gasteiger partial charge on any atom is 0.168 e. The molecule has 0 saturated heterocycles. The van der Waals surface area contributed by atoms with Crippen molar-refractivity contribution in [3.63, 3.8) is 0 Å². The van der Waals surface area contributed by atoms with Crippen LogP contribution >= 0.6 is 12.2 Å². The molecule has 0 radical (unpaired) electrons. The lowest BCUT2D eigenvalue weighted by molar-refractivity contribution is 0.491. The largest absolute Gasteiger partial charge is 0.366 e. The lowest BCUT2D eigenvalue weighted by Crippen LogP contribution is -2.34. The van der Waals surface area contributed by atoms with Gasteiger partial charge in [-0.1, -0.05) is 0 Å². The first-order valence-electron chi connectivity index (χ1n) is 5.47. The van der Waals surface area contributed by atoms with Gasteiger partial charge >= 0.3 is 0 Å². The zero-order valence-electron chi connectivity index (χ0n) is 10.7. The van der Waals surface area contributed by atoms with Gasteiger partial charge in [-0.15, -0.1) is 0 Å². The van der Waals surface area contributed by atoms with E-state index in [-0.39, 0.29) is 0 Å². The summed E-state index contributed by atoms with van der Waals surface area (Å²) < 4.78 is 2.03. The lowest BCUT2D eigenvalue weighted by atomic mass is 10.2. The Kier molecular flexibility index (Phi) is 4.29. The van der Waals surface area contributed by atoms with Gasteiger partial charge in [-0.3, -0.25) is 4.68 Å². The lowest BCUT2D eigenvalue weighted by Gasteiger charge is -2.19. The molecule has 1 rings (SSSR count). The van der Waals surface area contributed by atoms with E-state index in [1.54, 1.807) is 0 Å². The molecule has 0 unspecified atom stereocenters. The normalized spacial score (nSPS) is 10.3. The predicted molar refractivity (Wildman–Crippen MR) is 70.5 cm³/mol. The molecule has 4 nitrogen and oxygen atoms in total. The molecule has 90 valence electrons. The van der Waals surface area contributed by atoms with Crippen LogP contribution in [0.2, 0.25) is 0 Å². The van der Waals surface area contributed by atoms with Crippen LogP contribution in [0.25, 0.3) is 0 Å². The van der Waals surface area contributed by atoms with Crippen LogP contribution in [0, 0.1) is 13.8 Å². The SMILES string of the molecule is CCn1nc(C)c(CN(C)C(=S)NC)c1C. The second kappa shape index (κ2) is 5.30. The summed E-state index contributed by atoms with van der Waals surface area (Å²) in [6.45, 7) is 7.97. The Bertz CT molecular complexity index is 384. The summed E-state index contributed by atoms with van der Waals surface area (Å²) in [7, 11) is 3.83. The van der Waals surface area contributed by atoms with Crippen molar-refractivity contribution in [2.75, 3.05) is 14.1 Å². The van der Waals surface area contributed by atoms with Crippen LogP contribution in [-0.4, -0.2) is 33.9 Å². The van der Waals surface area contributed by atoms with Gasteiger partial charge in [-0.2, -0.15) is 5.10 Å². The minimum Gasteiger partial charge on any atom is -0.366 e. The van der Waals surface area contributed by atoms with E-state index in [0.29, 0.717) is 0 Å². The molecule has 0 aliphatic heterocycles. The molecule has 0 aliphatic carbocycles. The van der Waals surface area contributed by atoms with E-state index in [1.807, 2.05) is 30.6 Å². The minimum atomic E-state index is 0.753. The van der Waals surface area contributed by atoms with Crippen LogP contribution in [0.4, 0.5) is 0 Å². The third-order valence-corrected chi connectivity index (χ3v) is 3.30. The average molecular weight is 240 g/mol. The van der Waals surface area contributed by atoms with E-state index in [9.17, 15) is 0 Å². The molecule has 0 aliphatic rings. The molecule has 1 heterocycles. The smallest absolute Gasteiger partial charge is 0.168 e. The monoisotopic (exact) mass is 240 g/mol. The van der Waals surface area contributed by atoms with Gasteiger partial charge < -0.3 is 10.2 Å². The zero-order chi connectivity index (χ0) is 12.3. The Morgan fingerprint density at radius 3 is 2.56 bits per heavy atom. The Morgan fingerprint density at radius 1 is 1.50 bits per heavy atom.